The summed E-state index contributed by atoms with van der Waals surface area (Å²) >= 11 is 0. The van der Waals surface area contributed by atoms with E-state index in [1.54, 1.807) is 0 Å². The molecule has 0 spiro atoms. The van der Waals surface area contributed by atoms with E-state index in [1.165, 1.54) is 12.8 Å². The first-order chi connectivity index (χ1) is 6.29. The fraction of sp³-hybridized carbons (Fsp3) is 0.429. The fourth-order valence-corrected chi connectivity index (χ4v) is 0.774. The summed E-state index contributed by atoms with van der Waals surface area (Å²) in [7, 11) is 0. The van der Waals surface area contributed by atoms with Crippen LogP contribution in [-0.4, -0.2) is 27.7 Å². The zero-order valence-corrected chi connectivity index (χ0v) is 8.33. The van der Waals surface area contributed by atoms with Gasteiger partial charge >= 0.3 is 5.69 Å². The van der Waals surface area contributed by atoms with E-state index in [2.05, 4.69) is 19.9 Å². The van der Waals surface area contributed by atoms with E-state index in [-0.39, 0.29) is 18.4 Å². The van der Waals surface area contributed by atoms with E-state index in [4.69, 9.17) is 5.73 Å². The average molecular weight is 218 g/mol. The van der Waals surface area contributed by atoms with Crippen molar-refractivity contribution < 1.29 is 0 Å². The van der Waals surface area contributed by atoms with Crippen LogP contribution < -0.4 is 11.4 Å². The van der Waals surface area contributed by atoms with E-state index in [9.17, 15) is 4.79 Å². The molecule has 0 atom stereocenters. The van der Waals surface area contributed by atoms with Gasteiger partial charge in [-0.25, -0.2) is 9.78 Å². The topological polar surface area (TPSA) is 97.0 Å². The SMILES string of the molecule is C1=NCCC1.Cl.Nc1ncnc(=O)[nH]1. The van der Waals surface area contributed by atoms with E-state index >= 15 is 0 Å². The number of nitrogen functional groups attached to an aromatic ring is 1. The molecule has 6 nitrogen and oxygen atoms in total. The number of halogens is 1. The van der Waals surface area contributed by atoms with Crippen molar-refractivity contribution in [3.63, 3.8) is 0 Å². The van der Waals surface area contributed by atoms with E-state index in [0.717, 1.165) is 12.9 Å². The van der Waals surface area contributed by atoms with Crippen molar-refractivity contribution in [1.82, 2.24) is 15.0 Å². The number of aromatic amines is 1. The fourth-order valence-electron chi connectivity index (χ4n) is 0.774. The third-order valence-corrected chi connectivity index (χ3v) is 1.36. The molecule has 0 aliphatic carbocycles. The second-order valence-electron chi connectivity index (χ2n) is 2.42. The lowest BCUT2D eigenvalue weighted by atomic mass is 10.4. The Hall–Kier alpha value is -1.43. The van der Waals surface area contributed by atoms with Crippen molar-refractivity contribution >= 4 is 24.6 Å². The summed E-state index contributed by atoms with van der Waals surface area (Å²) in [5, 5.41) is 0. The number of hydrogen-bond donors (Lipinski definition) is 2. The molecule has 2 heterocycles. The summed E-state index contributed by atoms with van der Waals surface area (Å²) in [6.07, 6.45) is 5.58. The lowest BCUT2D eigenvalue weighted by Gasteiger charge is -1.83. The third kappa shape index (κ3) is 5.26. The van der Waals surface area contributed by atoms with Gasteiger partial charge in [-0.3, -0.25) is 9.98 Å². The lowest BCUT2D eigenvalue weighted by Crippen LogP contribution is -2.12. The maximum atomic E-state index is 10.2. The first-order valence-electron chi connectivity index (χ1n) is 3.94. The Labute approximate surface area is 87.1 Å². The number of aromatic nitrogens is 3. The highest BCUT2D eigenvalue weighted by atomic mass is 35.5. The molecule has 0 unspecified atom stereocenters. The van der Waals surface area contributed by atoms with Crippen LogP contribution >= 0.6 is 12.4 Å². The summed E-state index contributed by atoms with van der Waals surface area (Å²) in [5.41, 5.74) is 4.58. The molecule has 1 aliphatic rings. The van der Waals surface area contributed by atoms with Crippen LogP contribution in [0.2, 0.25) is 0 Å². The normalized spacial score (nSPS) is 12.6. The molecule has 7 heteroatoms. The smallest absolute Gasteiger partial charge is 0.349 e. The quantitative estimate of drug-likeness (QED) is 0.640. The molecule has 1 aromatic rings. The van der Waals surface area contributed by atoms with Crippen LogP contribution in [0.4, 0.5) is 5.95 Å². The van der Waals surface area contributed by atoms with Gasteiger partial charge in [-0.2, -0.15) is 4.98 Å². The van der Waals surface area contributed by atoms with Gasteiger partial charge in [-0.05, 0) is 19.1 Å². The molecule has 0 saturated carbocycles. The van der Waals surface area contributed by atoms with Crippen molar-refractivity contribution in [2.45, 2.75) is 12.8 Å². The van der Waals surface area contributed by atoms with Gasteiger partial charge in [0.1, 0.15) is 6.33 Å². The van der Waals surface area contributed by atoms with E-state index in [0.29, 0.717) is 0 Å². The maximum Gasteiger partial charge on any atom is 0.349 e. The molecule has 78 valence electrons. The molecule has 14 heavy (non-hydrogen) atoms. The Morgan fingerprint density at radius 2 is 2.21 bits per heavy atom. The molecule has 0 radical (unpaired) electrons. The number of rotatable bonds is 0. The second-order valence-corrected chi connectivity index (χ2v) is 2.42. The van der Waals surface area contributed by atoms with Gasteiger partial charge in [0, 0.05) is 6.54 Å². The highest BCUT2D eigenvalue weighted by Crippen LogP contribution is 1.92. The molecule has 0 bridgehead atoms. The predicted molar refractivity (Wildman–Crippen MR) is 56.9 cm³/mol. The van der Waals surface area contributed by atoms with Gasteiger partial charge in [0.05, 0.1) is 0 Å². The minimum atomic E-state index is -0.475. The van der Waals surface area contributed by atoms with Gasteiger partial charge < -0.3 is 5.73 Å². The summed E-state index contributed by atoms with van der Waals surface area (Å²) in [5.74, 6) is 0.0880. The zero-order valence-electron chi connectivity index (χ0n) is 7.51. The van der Waals surface area contributed by atoms with Crippen LogP contribution in [0.25, 0.3) is 0 Å². The number of nitrogens with one attached hydrogen (secondary N) is 1. The number of hydrogen-bond acceptors (Lipinski definition) is 5. The van der Waals surface area contributed by atoms with Gasteiger partial charge in [0.2, 0.25) is 5.95 Å². The molecule has 2 rings (SSSR count). The third-order valence-electron chi connectivity index (χ3n) is 1.36. The number of aliphatic imine (C=N–C) groups is 1. The number of nitrogens with zero attached hydrogens (tertiary/aromatic N) is 3. The standard InChI is InChI=1S/C4H7N.C3H4N4O.ClH/c1-2-4-5-3-1;4-2-5-1-6-3(8)7-2;/h3H,1-2,4H2;1H,(H3,4,5,6,7,8);1H. The second kappa shape index (κ2) is 7.02. The zero-order chi connectivity index (χ0) is 9.52. The molecule has 0 amide bonds. The van der Waals surface area contributed by atoms with Crippen LogP contribution in [0.15, 0.2) is 16.1 Å². The van der Waals surface area contributed by atoms with Crippen LogP contribution in [-0.2, 0) is 0 Å². The Morgan fingerprint density at radius 1 is 1.43 bits per heavy atom. The van der Waals surface area contributed by atoms with Gasteiger partial charge in [0.15, 0.2) is 0 Å². The molecule has 1 aliphatic heterocycles. The van der Waals surface area contributed by atoms with Crippen LogP contribution in [0.1, 0.15) is 12.8 Å². The molecule has 1 aromatic heterocycles. The molecular formula is C7H12ClN5O. The largest absolute Gasteiger partial charge is 0.369 e. The highest BCUT2D eigenvalue weighted by Gasteiger charge is 1.86. The molecule has 0 saturated heterocycles. The Kier molecular flexibility index (Phi) is 6.30. The first-order valence-corrected chi connectivity index (χ1v) is 3.94. The van der Waals surface area contributed by atoms with E-state index < -0.39 is 5.69 Å². The van der Waals surface area contributed by atoms with Gasteiger partial charge in [0.25, 0.3) is 0 Å². The Bertz CT molecular complexity index is 331. The summed E-state index contributed by atoms with van der Waals surface area (Å²) in [6, 6.07) is 0. The van der Waals surface area contributed by atoms with Crippen LogP contribution in [0.3, 0.4) is 0 Å². The van der Waals surface area contributed by atoms with E-state index in [1.807, 2.05) is 6.21 Å². The first kappa shape index (κ1) is 12.6. The van der Waals surface area contributed by atoms with Gasteiger partial charge in [-0.15, -0.1) is 12.4 Å². The van der Waals surface area contributed by atoms with Crippen molar-refractivity contribution in [2.75, 3.05) is 12.3 Å². The number of nitrogens with two attached hydrogens (primary N) is 1. The maximum absolute atomic E-state index is 10.2. The Balaban J connectivity index is 0.000000246. The predicted octanol–water partition coefficient (Wildman–Crippen LogP) is 0.0199. The monoisotopic (exact) mass is 217 g/mol. The van der Waals surface area contributed by atoms with Crippen LogP contribution in [0, 0.1) is 0 Å². The molecule has 0 fully saturated rings. The van der Waals surface area contributed by atoms with Crippen molar-refractivity contribution in [3.8, 4) is 0 Å². The van der Waals surface area contributed by atoms with Crippen molar-refractivity contribution in [3.05, 3.63) is 16.8 Å². The summed E-state index contributed by atoms with van der Waals surface area (Å²) < 4.78 is 0. The van der Waals surface area contributed by atoms with Gasteiger partial charge in [-0.1, -0.05) is 0 Å². The minimum absolute atomic E-state index is 0. The molecule has 3 N–H and O–H groups in total. The summed E-state index contributed by atoms with van der Waals surface area (Å²) in [6.45, 7) is 1.07. The number of anilines is 1. The number of H-pyrrole nitrogens is 1. The molecule has 0 aromatic carbocycles. The summed E-state index contributed by atoms with van der Waals surface area (Å²) in [4.78, 5) is 23.0. The van der Waals surface area contributed by atoms with Crippen molar-refractivity contribution in [2.24, 2.45) is 4.99 Å². The Morgan fingerprint density at radius 3 is 2.50 bits per heavy atom. The lowest BCUT2D eigenvalue weighted by molar-refractivity contribution is 0.952. The molecular weight excluding hydrogens is 206 g/mol. The highest BCUT2D eigenvalue weighted by molar-refractivity contribution is 5.85. The average Bonchev–Trinajstić information content (AvgIpc) is 2.59. The van der Waals surface area contributed by atoms with Crippen LogP contribution in [0.5, 0.6) is 0 Å². The minimum Gasteiger partial charge on any atom is -0.369 e. The van der Waals surface area contributed by atoms with Crippen molar-refractivity contribution in [1.29, 1.82) is 0 Å².